The van der Waals surface area contributed by atoms with Gasteiger partial charge in [-0.05, 0) is 72.9 Å². The third-order valence-corrected chi connectivity index (χ3v) is 7.29. The minimum absolute atomic E-state index is 0.0720. The lowest BCUT2D eigenvalue weighted by Gasteiger charge is -2.15. The molecule has 29 heavy (non-hydrogen) atoms. The van der Waals surface area contributed by atoms with E-state index in [1.807, 2.05) is 18.2 Å². The molecule has 5 rings (SSSR count). The average molecular weight is 410 g/mol. The van der Waals surface area contributed by atoms with Crippen LogP contribution in [0.4, 0.5) is 11.6 Å². The van der Waals surface area contributed by atoms with E-state index in [9.17, 15) is 8.42 Å². The van der Waals surface area contributed by atoms with Gasteiger partial charge in [-0.1, -0.05) is 12.1 Å². The molecule has 0 saturated carbocycles. The zero-order chi connectivity index (χ0) is 19.8. The van der Waals surface area contributed by atoms with Gasteiger partial charge in [0.1, 0.15) is 0 Å². The van der Waals surface area contributed by atoms with E-state index in [4.69, 9.17) is 0 Å². The summed E-state index contributed by atoms with van der Waals surface area (Å²) < 4.78 is 25.3. The maximum absolute atomic E-state index is 12.6. The Labute approximate surface area is 169 Å². The van der Waals surface area contributed by atoms with Gasteiger partial charge in [0.15, 0.2) is 0 Å². The zero-order valence-electron chi connectivity index (χ0n) is 16.1. The number of aryl methyl sites for hydroxylation is 3. The van der Waals surface area contributed by atoms with Crippen LogP contribution in [-0.2, 0) is 41.9 Å². The van der Waals surface area contributed by atoms with E-state index in [0.29, 0.717) is 12.4 Å². The minimum Gasteiger partial charge on any atom is -0.324 e. The van der Waals surface area contributed by atoms with Crippen molar-refractivity contribution in [2.24, 2.45) is 0 Å². The number of nitrogens with one attached hydrogen (secondary N) is 2. The normalized spacial score (nSPS) is 15.3. The first-order chi connectivity index (χ1) is 14.1. The summed E-state index contributed by atoms with van der Waals surface area (Å²) in [5, 5.41) is 9.95. The number of hydrogen-bond donors (Lipinski definition) is 2. The fraction of sp³-hybridized carbons (Fsp3) is 0.381. The van der Waals surface area contributed by atoms with Crippen LogP contribution in [0.5, 0.6) is 0 Å². The largest absolute Gasteiger partial charge is 0.324 e. The number of hydrogen-bond acceptors (Lipinski definition) is 6. The molecule has 2 heterocycles. The van der Waals surface area contributed by atoms with Crippen LogP contribution in [0, 0.1) is 0 Å². The van der Waals surface area contributed by atoms with Gasteiger partial charge in [0.2, 0.25) is 15.8 Å². The molecule has 1 aromatic carbocycles. The first-order valence-electron chi connectivity index (χ1n) is 10.1. The summed E-state index contributed by atoms with van der Waals surface area (Å²) in [5.41, 5.74) is 7.37. The van der Waals surface area contributed by atoms with Crippen molar-refractivity contribution in [1.29, 1.82) is 0 Å². The Kier molecular flexibility index (Phi) is 4.58. The molecular weight excluding hydrogens is 386 g/mol. The van der Waals surface area contributed by atoms with Crippen molar-refractivity contribution in [3.8, 4) is 0 Å². The zero-order valence-corrected chi connectivity index (χ0v) is 16.9. The number of H-pyrrole nitrogens is 1. The second-order valence-corrected chi connectivity index (χ2v) is 9.72. The molecule has 0 aliphatic heterocycles. The van der Waals surface area contributed by atoms with E-state index < -0.39 is 9.84 Å². The number of fused-ring (bicyclic) bond motifs is 2. The third kappa shape index (κ3) is 3.53. The number of aromatic amines is 1. The molecule has 2 aliphatic rings. The summed E-state index contributed by atoms with van der Waals surface area (Å²) in [6.45, 7) is 0. The highest BCUT2D eigenvalue weighted by Crippen LogP contribution is 2.39. The number of sulfone groups is 1. The van der Waals surface area contributed by atoms with Gasteiger partial charge in [0.05, 0.1) is 5.75 Å². The molecule has 2 aromatic heterocycles. The number of pyridine rings is 1. The van der Waals surface area contributed by atoms with Crippen molar-refractivity contribution in [3.63, 3.8) is 0 Å². The molecule has 0 amide bonds. The maximum Gasteiger partial charge on any atom is 0.268 e. The summed E-state index contributed by atoms with van der Waals surface area (Å²) >= 11 is 0. The van der Waals surface area contributed by atoms with E-state index in [1.165, 1.54) is 22.3 Å². The van der Waals surface area contributed by atoms with E-state index in [1.54, 1.807) is 6.20 Å². The quantitative estimate of drug-likeness (QED) is 0.649. The van der Waals surface area contributed by atoms with Crippen LogP contribution in [0.25, 0.3) is 0 Å². The number of benzene rings is 1. The fourth-order valence-corrected chi connectivity index (χ4v) is 5.48. The Morgan fingerprint density at radius 1 is 1.03 bits per heavy atom. The van der Waals surface area contributed by atoms with Gasteiger partial charge < -0.3 is 5.32 Å². The smallest absolute Gasteiger partial charge is 0.268 e. The molecule has 0 atom stereocenters. The first kappa shape index (κ1) is 18.3. The Hall–Kier alpha value is -2.74. The fourth-order valence-electron chi connectivity index (χ4n) is 4.40. The van der Waals surface area contributed by atoms with E-state index >= 15 is 0 Å². The van der Waals surface area contributed by atoms with Gasteiger partial charge >= 0.3 is 0 Å². The second kappa shape index (κ2) is 7.26. The SMILES string of the molecule is O=S(=O)(CCc1ccccn1)c1n[nH]c(Nc2c3c(cc4c2CCC4)CCC3)n1. The number of aromatic nitrogens is 4. The van der Waals surface area contributed by atoms with Crippen LogP contribution >= 0.6 is 0 Å². The predicted molar refractivity (Wildman–Crippen MR) is 110 cm³/mol. The molecule has 7 nitrogen and oxygen atoms in total. The van der Waals surface area contributed by atoms with Gasteiger partial charge in [-0.2, -0.15) is 4.98 Å². The lowest BCUT2D eigenvalue weighted by atomic mass is 9.99. The summed E-state index contributed by atoms with van der Waals surface area (Å²) in [5.74, 6) is 0.313. The Bertz CT molecular complexity index is 1120. The monoisotopic (exact) mass is 409 g/mol. The minimum atomic E-state index is -3.59. The van der Waals surface area contributed by atoms with Crippen LogP contribution in [0.3, 0.4) is 0 Å². The molecule has 0 saturated heterocycles. The predicted octanol–water partition coefficient (Wildman–Crippen LogP) is 2.94. The van der Waals surface area contributed by atoms with Gasteiger partial charge in [-0.15, -0.1) is 5.10 Å². The second-order valence-electron chi connectivity index (χ2n) is 7.72. The lowest BCUT2D eigenvalue weighted by Crippen LogP contribution is -2.11. The summed E-state index contributed by atoms with van der Waals surface area (Å²) in [6.07, 6.45) is 8.64. The lowest BCUT2D eigenvalue weighted by molar-refractivity contribution is 0.586. The third-order valence-electron chi connectivity index (χ3n) is 5.81. The molecule has 0 fully saturated rings. The van der Waals surface area contributed by atoms with Crippen LogP contribution in [0.1, 0.15) is 40.8 Å². The van der Waals surface area contributed by atoms with Crippen LogP contribution in [-0.4, -0.2) is 34.3 Å². The highest BCUT2D eigenvalue weighted by molar-refractivity contribution is 7.91. The van der Waals surface area contributed by atoms with Crippen molar-refractivity contribution in [3.05, 3.63) is 58.4 Å². The number of nitrogens with zero attached hydrogens (tertiary/aromatic N) is 3. The molecule has 0 bridgehead atoms. The molecule has 0 unspecified atom stereocenters. The van der Waals surface area contributed by atoms with E-state index in [0.717, 1.165) is 49.9 Å². The average Bonchev–Trinajstić information content (AvgIpc) is 3.47. The first-order valence-corrected chi connectivity index (χ1v) is 11.7. The molecule has 0 radical (unpaired) electrons. The molecule has 2 N–H and O–H groups in total. The van der Waals surface area contributed by atoms with Gasteiger partial charge in [0.25, 0.3) is 5.16 Å². The van der Waals surface area contributed by atoms with Crippen molar-refractivity contribution < 1.29 is 8.42 Å². The summed E-state index contributed by atoms with van der Waals surface area (Å²) in [6, 6.07) is 7.84. The summed E-state index contributed by atoms with van der Waals surface area (Å²) in [4.78, 5) is 8.43. The van der Waals surface area contributed by atoms with E-state index in [2.05, 4.69) is 31.5 Å². The number of anilines is 2. The Morgan fingerprint density at radius 3 is 2.48 bits per heavy atom. The topological polar surface area (TPSA) is 101 Å². The van der Waals surface area contributed by atoms with Crippen LogP contribution < -0.4 is 5.32 Å². The van der Waals surface area contributed by atoms with Gasteiger partial charge in [-0.3, -0.25) is 4.98 Å². The van der Waals surface area contributed by atoms with Gasteiger partial charge in [-0.25, -0.2) is 13.5 Å². The highest BCUT2D eigenvalue weighted by atomic mass is 32.2. The van der Waals surface area contributed by atoms with Crippen molar-refractivity contribution in [2.45, 2.75) is 50.1 Å². The molecule has 2 aliphatic carbocycles. The molecule has 150 valence electrons. The Balaban J connectivity index is 1.38. The van der Waals surface area contributed by atoms with Crippen molar-refractivity contribution in [1.82, 2.24) is 20.2 Å². The standard InChI is InChI=1S/C21H23N5O2S/c27-29(28,12-10-16-7-1-2-11-22-16)21-24-20(25-26-21)23-19-17-8-3-5-14(17)13-15-6-4-9-18(15)19/h1-2,7,11,13H,3-6,8-10,12H2,(H2,23,24,25,26). The molecule has 0 spiro atoms. The summed E-state index contributed by atoms with van der Waals surface area (Å²) in [7, 11) is -3.59. The molecule has 8 heteroatoms. The van der Waals surface area contributed by atoms with E-state index in [-0.39, 0.29) is 10.9 Å². The van der Waals surface area contributed by atoms with Crippen molar-refractivity contribution >= 4 is 21.5 Å². The number of rotatable bonds is 6. The van der Waals surface area contributed by atoms with Gasteiger partial charge in [0, 0.05) is 24.0 Å². The molecular formula is C21H23N5O2S. The maximum atomic E-state index is 12.6. The molecule has 3 aromatic rings. The van der Waals surface area contributed by atoms with Crippen molar-refractivity contribution in [2.75, 3.05) is 11.1 Å². The van der Waals surface area contributed by atoms with Crippen LogP contribution in [0.15, 0.2) is 35.6 Å². The Morgan fingerprint density at radius 2 is 1.79 bits per heavy atom. The highest BCUT2D eigenvalue weighted by Gasteiger charge is 2.26. The van der Waals surface area contributed by atoms with Crippen LogP contribution in [0.2, 0.25) is 0 Å².